The van der Waals surface area contributed by atoms with Crippen molar-refractivity contribution in [3.8, 4) is 0 Å². The molecular formula is C17H27N3O. The highest BCUT2D eigenvalue weighted by Crippen LogP contribution is 2.20. The third-order valence-electron chi connectivity index (χ3n) is 4.05. The molecule has 1 fully saturated rings. The van der Waals surface area contributed by atoms with Crippen molar-refractivity contribution in [2.75, 3.05) is 32.1 Å². The fraction of sp³-hybridized carbons (Fsp3) is 0.588. The summed E-state index contributed by atoms with van der Waals surface area (Å²) in [5.74, 6) is 1.19. The van der Waals surface area contributed by atoms with Crippen molar-refractivity contribution in [2.45, 2.75) is 26.8 Å². The molecule has 1 aliphatic rings. The highest BCUT2D eigenvalue weighted by Gasteiger charge is 2.24. The molecule has 1 N–H and O–H groups in total. The molecule has 2 rings (SSSR count). The summed E-state index contributed by atoms with van der Waals surface area (Å²) in [7, 11) is 4.05. The quantitative estimate of drug-likeness (QED) is 0.928. The van der Waals surface area contributed by atoms with Crippen molar-refractivity contribution in [2.24, 2.45) is 11.8 Å². The highest BCUT2D eigenvalue weighted by molar-refractivity contribution is 5.74. The van der Waals surface area contributed by atoms with E-state index in [-0.39, 0.29) is 6.03 Å². The minimum absolute atomic E-state index is 0.0603. The number of piperidine rings is 1. The fourth-order valence-electron chi connectivity index (χ4n) is 3.03. The van der Waals surface area contributed by atoms with Crippen molar-refractivity contribution in [1.29, 1.82) is 0 Å². The number of anilines is 1. The van der Waals surface area contributed by atoms with E-state index >= 15 is 0 Å². The van der Waals surface area contributed by atoms with E-state index in [1.165, 1.54) is 12.1 Å². The first-order valence-corrected chi connectivity index (χ1v) is 7.74. The van der Waals surface area contributed by atoms with Gasteiger partial charge in [-0.25, -0.2) is 4.79 Å². The number of carbonyl (C=O) groups is 1. The molecule has 0 saturated carbocycles. The van der Waals surface area contributed by atoms with Crippen molar-refractivity contribution >= 4 is 11.7 Å². The molecule has 1 aromatic rings. The summed E-state index contributed by atoms with van der Waals surface area (Å²) in [5.41, 5.74) is 2.30. The number of nitrogens with one attached hydrogen (secondary N) is 1. The first-order chi connectivity index (χ1) is 9.95. The second-order valence-corrected chi connectivity index (χ2v) is 6.57. The van der Waals surface area contributed by atoms with Gasteiger partial charge in [-0.15, -0.1) is 0 Å². The summed E-state index contributed by atoms with van der Waals surface area (Å²) < 4.78 is 0. The number of nitrogens with zero attached hydrogens (tertiary/aromatic N) is 2. The molecule has 1 aromatic carbocycles. The van der Waals surface area contributed by atoms with Crippen LogP contribution in [0, 0.1) is 11.8 Å². The molecule has 21 heavy (non-hydrogen) atoms. The maximum atomic E-state index is 12.2. The molecule has 0 aromatic heterocycles. The Bertz CT molecular complexity index is 459. The van der Waals surface area contributed by atoms with Gasteiger partial charge in [0, 0.05) is 39.4 Å². The molecule has 2 amide bonds. The van der Waals surface area contributed by atoms with Gasteiger partial charge in [-0.1, -0.05) is 26.0 Å². The second-order valence-electron chi connectivity index (χ2n) is 6.57. The summed E-state index contributed by atoms with van der Waals surface area (Å²) in [6, 6.07) is 8.35. The minimum atomic E-state index is 0.0603. The molecule has 1 saturated heterocycles. The Morgan fingerprint density at radius 2 is 1.76 bits per heavy atom. The average molecular weight is 289 g/mol. The largest absolute Gasteiger partial charge is 0.378 e. The van der Waals surface area contributed by atoms with Gasteiger partial charge >= 0.3 is 6.03 Å². The number of amides is 2. The molecule has 0 bridgehead atoms. The predicted octanol–water partition coefficient (Wildman–Crippen LogP) is 2.94. The zero-order valence-corrected chi connectivity index (χ0v) is 13.6. The lowest BCUT2D eigenvalue weighted by Crippen LogP contribution is -2.47. The number of rotatable bonds is 3. The van der Waals surface area contributed by atoms with Crippen molar-refractivity contribution in [3.63, 3.8) is 0 Å². The lowest BCUT2D eigenvalue weighted by Gasteiger charge is -2.34. The molecule has 0 aliphatic carbocycles. The van der Waals surface area contributed by atoms with Crippen LogP contribution >= 0.6 is 0 Å². The minimum Gasteiger partial charge on any atom is -0.378 e. The molecular weight excluding hydrogens is 262 g/mol. The molecule has 2 unspecified atom stereocenters. The normalized spacial score (nSPS) is 22.0. The van der Waals surface area contributed by atoms with Gasteiger partial charge in [0.1, 0.15) is 0 Å². The summed E-state index contributed by atoms with van der Waals surface area (Å²) in [6.07, 6.45) is 1.22. The predicted molar refractivity (Wildman–Crippen MR) is 87.5 cm³/mol. The highest BCUT2D eigenvalue weighted by atomic mass is 16.2. The monoisotopic (exact) mass is 289 g/mol. The molecule has 1 aliphatic heterocycles. The van der Waals surface area contributed by atoms with Crippen molar-refractivity contribution in [1.82, 2.24) is 10.2 Å². The van der Waals surface area contributed by atoms with Gasteiger partial charge in [-0.3, -0.25) is 0 Å². The molecule has 2 atom stereocenters. The van der Waals surface area contributed by atoms with Gasteiger partial charge in [-0.05, 0) is 36.0 Å². The average Bonchev–Trinajstić information content (AvgIpc) is 2.44. The molecule has 1 heterocycles. The Hall–Kier alpha value is -1.71. The van der Waals surface area contributed by atoms with Gasteiger partial charge in [0.15, 0.2) is 0 Å². The van der Waals surface area contributed by atoms with E-state index in [4.69, 9.17) is 0 Å². The summed E-state index contributed by atoms with van der Waals surface area (Å²) in [4.78, 5) is 16.3. The van der Waals surface area contributed by atoms with E-state index in [0.717, 1.165) is 18.7 Å². The number of benzene rings is 1. The molecule has 0 spiro atoms. The maximum Gasteiger partial charge on any atom is 0.317 e. The molecule has 4 nitrogen and oxygen atoms in total. The SMILES string of the molecule is CC1CC(C)CN(C(=O)NCc2ccc(N(C)C)cc2)C1. The van der Waals surface area contributed by atoms with Crippen LogP contribution in [0.15, 0.2) is 24.3 Å². The number of carbonyl (C=O) groups excluding carboxylic acids is 1. The van der Waals surface area contributed by atoms with Crippen LogP contribution in [-0.2, 0) is 6.54 Å². The van der Waals surface area contributed by atoms with Crippen LogP contribution in [0.4, 0.5) is 10.5 Å². The van der Waals surface area contributed by atoms with E-state index in [2.05, 4.69) is 48.3 Å². The third kappa shape index (κ3) is 4.38. The summed E-state index contributed by atoms with van der Waals surface area (Å²) >= 11 is 0. The Balaban J connectivity index is 1.86. The van der Waals surface area contributed by atoms with Crippen LogP contribution < -0.4 is 10.2 Å². The Morgan fingerprint density at radius 3 is 2.29 bits per heavy atom. The van der Waals surface area contributed by atoms with E-state index in [1.807, 2.05) is 19.0 Å². The first-order valence-electron chi connectivity index (χ1n) is 7.74. The lowest BCUT2D eigenvalue weighted by atomic mass is 9.92. The van der Waals surface area contributed by atoms with Crippen LogP contribution in [-0.4, -0.2) is 38.1 Å². The Labute approximate surface area is 128 Å². The van der Waals surface area contributed by atoms with Crippen molar-refractivity contribution < 1.29 is 4.79 Å². The number of likely N-dealkylation sites (tertiary alicyclic amines) is 1. The fourth-order valence-corrected chi connectivity index (χ4v) is 3.03. The van der Waals surface area contributed by atoms with E-state index in [0.29, 0.717) is 18.4 Å². The zero-order chi connectivity index (χ0) is 15.4. The number of urea groups is 1. The second kappa shape index (κ2) is 6.83. The Kier molecular flexibility index (Phi) is 5.10. The van der Waals surface area contributed by atoms with Crippen LogP contribution in [0.5, 0.6) is 0 Å². The van der Waals surface area contributed by atoms with Gasteiger partial charge in [0.05, 0.1) is 0 Å². The van der Waals surface area contributed by atoms with Gasteiger partial charge in [-0.2, -0.15) is 0 Å². The van der Waals surface area contributed by atoms with E-state index in [9.17, 15) is 4.79 Å². The third-order valence-corrected chi connectivity index (χ3v) is 4.05. The van der Waals surface area contributed by atoms with Crippen molar-refractivity contribution in [3.05, 3.63) is 29.8 Å². The molecule has 4 heteroatoms. The standard InChI is InChI=1S/C17H27N3O/c1-13-9-14(2)12-20(11-13)17(21)18-10-15-5-7-16(8-6-15)19(3)4/h5-8,13-14H,9-12H2,1-4H3,(H,18,21). The van der Waals surface area contributed by atoms with E-state index < -0.39 is 0 Å². The summed E-state index contributed by atoms with van der Waals surface area (Å²) in [5, 5.41) is 3.03. The zero-order valence-electron chi connectivity index (χ0n) is 13.6. The first kappa shape index (κ1) is 15.7. The number of hydrogen-bond acceptors (Lipinski definition) is 2. The van der Waals surface area contributed by atoms with Gasteiger partial charge < -0.3 is 15.1 Å². The maximum absolute atomic E-state index is 12.2. The van der Waals surface area contributed by atoms with E-state index in [1.54, 1.807) is 0 Å². The lowest BCUT2D eigenvalue weighted by molar-refractivity contribution is 0.146. The molecule has 0 radical (unpaired) electrons. The topological polar surface area (TPSA) is 35.6 Å². The smallest absolute Gasteiger partial charge is 0.317 e. The van der Waals surface area contributed by atoms with Crippen LogP contribution in [0.25, 0.3) is 0 Å². The van der Waals surface area contributed by atoms with Gasteiger partial charge in [0.25, 0.3) is 0 Å². The summed E-state index contributed by atoms with van der Waals surface area (Å²) in [6.45, 7) is 6.77. The molecule has 116 valence electrons. The van der Waals surface area contributed by atoms with Crippen LogP contribution in [0.3, 0.4) is 0 Å². The van der Waals surface area contributed by atoms with Gasteiger partial charge in [0.2, 0.25) is 0 Å². The Morgan fingerprint density at radius 1 is 1.19 bits per heavy atom. The number of hydrogen-bond donors (Lipinski definition) is 1. The van der Waals surface area contributed by atoms with Crippen LogP contribution in [0.1, 0.15) is 25.8 Å². The van der Waals surface area contributed by atoms with Crippen LogP contribution in [0.2, 0.25) is 0 Å².